The number of allylic oxidation sites excluding steroid dienone is 1. The first-order chi connectivity index (χ1) is 13.9. The SMILES string of the molecule is OC(F)(F)C(F)(F)C(F)(F)C(F)(F)C(F)(F)C(F)(F)C(F)(F)C(F)(F)C(F)(F)C(F)=C(F)F. The van der Waals surface area contributed by atoms with Crippen molar-refractivity contribution in [3.63, 3.8) is 0 Å². The molecule has 0 fully saturated rings. The van der Waals surface area contributed by atoms with E-state index in [-0.39, 0.29) is 0 Å². The zero-order chi connectivity index (χ0) is 27.7. The quantitative estimate of drug-likeness (QED) is 0.317. The topological polar surface area (TPSA) is 20.2 Å². The Morgan fingerprint density at radius 2 is 0.576 bits per heavy atom. The molecule has 0 aromatic rings. The monoisotopic (exact) mass is 548 g/mol. The Hall–Kier alpha value is -1.77. The van der Waals surface area contributed by atoms with E-state index in [0.717, 1.165) is 0 Å². The molecule has 0 aromatic carbocycles. The summed E-state index contributed by atoms with van der Waals surface area (Å²) in [6.07, 6.45) is -12.2. The second kappa shape index (κ2) is 7.62. The number of halogens is 21. The molecular formula is C11HF21O. The minimum absolute atomic E-state index is 4.69. The molecule has 0 saturated carbocycles. The first-order valence-corrected chi connectivity index (χ1v) is 6.69. The molecule has 22 heteroatoms. The minimum atomic E-state index is -9.14. The number of hydrogen-bond donors (Lipinski definition) is 1. The van der Waals surface area contributed by atoms with E-state index in [9.17, 15) is 92.2 Å². The Labute approximate surface area is 164 Å². The van der Waals surface area contributed by atoms with Crippen LogP contribution in [0, 0.1) is 0 Å². The van der Waals surface area contributed by atoms with Gasteiger partial charge in [-0.05, 0) is 0 Å². The van der Waals surface area contributed by atoms with Crippen LogP contribution >= 0.6 is 0 Å². The summed E-state index contributed by atoms with van der Waals surface area (Å²) in [4.78, 5) is 0. The van der Waals surface area contributed by atoms with Gasteiger partial charge in [0.25, 0.3) is 0 Å². The van der Waals surface area contributed by atoms with Crippen LogP contribution in [0.5, 0.6) is 0 Å². The van der Waals surface area contributed by atoms with Crippen molar-refractivity contribution in [1.29, 1.82) is 0 Å². The van der Waals surface area contributed by atoms with Crippen molar-refractivity contribution in [3.8, 4) is 0 Å². The highest BCUT2D eigenvalue weighted by Gasteiger charge is 2.96. The molecule has 0 aliphatic rings. The van der Waals surface area contributed by atoms with E-state index in [0.29, 0.717) is 0 Å². The molecule has 198 valence electrons. The second-order valence-electron chi connectivity index (χ2n) is 5.71. The molecule has 0 saturated heterocycles. The molecule has 0 heterocycles. The van der Waals surface area contributed by atoms with Gasteiger partial charge < -0.3 is 5.11 Å². The molecule has 0 atom stereocenters. The Balaban J connectivity index is 7.06. The molecule has 1 N–H and O–H groups in total. The van der Waals surface area contributed by atoms with E-state index in [4.69, 9.17) is 5.11 Å². The minimum Gasteiger partial charge on any atom is -0.331 e. The molecule has 0 spiro atoms. The summed E-state index contributed by atoms with van der Waals surface area (Å²) in [7, 11) is 0. The average Bonchev–Trinajstić information content (AvgIpc) is 2.58. The van der Waals surface area contributed by atoms with Crippen molar-refractivity contribution in [3.05, 3.63) is 11.9 Å². The summed E-state index contributed by atoms with van der Waals surface area (Å²) >= 11 is 0. The molecule has 0 aliphatic heterocycles. The number of hydrogen-bond acceptors (Lipinski definition) is 1. The standard InChI is InChI=1S/C11HF21O/c12-1(2(13)14)3(15,16)4(17,18)5(19,20)6(21,22)7(23,24)8(25,26)9(27,28)10(29,30)11(31,32)33/h33H. The molecule has 1 nitrogen and oxygen atoms in total. The van der Waals surface area contributed by atoms with Gasteiger partial charge in [-0.15, -0.1) is 0 Å². The van der Waals surface area contributed by atoms with E-state index in [1.54, 1.807) is 0 Å². The maximum absolute atomic E-state index is 13.2. The highest BCUT2D eigenvalue weighted by molar-refractivity contribution is 5.21. The van der Waals surface area contributed by atoms with Crippen molar-refractivity contribution < 1.29 is 97.3 Å². The van der Waals surface area contributed by atoms with Crippen molar-refractivity contribution in [2.45, 2.75) is 53.5 Å². The average molecular weight is 548 g/mol. The van der Waals surface area contributed by atoms with E-state index in [1.165, 1.54) is 0 Å². The van der Waals surface area contributed by atoms with Gasteiger partial charge in [0.1, 0.15) is 0 Å². The highest BCUT2D eigenvalue weighted by Crippen LogP contribution is 2.65. The number of alkyl halides is 18. The van der Waals surface area contributed by atoms with Gasteiger partial charge in [-0.3, -0.25) is 0 Å². The fraction of sp³-hybridized carbons (Fsp3) is 0.818. The Morgan fingerprint density at radius 3 is 0.788 bits per heavy atom. The molecule has 0 radical (unpaired) electrons. The molecular weight excluding hydrogens is 547 g/mol. The normalized spacial score (nSPS) is 16.2. The summed E-state index contributed by atoms with van der Waals surface area (Å²) in [5.74, 6) is -74.9. The van der Waals surface area contributed by atoms with Crippen LogP contribution in [-0.4, -0.2) is 58.6 Å². The fourth-order valence-electron chi connectivity index (χ4n) is 1.63. The lowest BCUT2D eigenvalue weighted by atomic mass is 9.87. The fourth-order valence-corrected chi connectivity index (χ4v) is 1.63. The molecule has 0 aliphatic carbocycles. The van der Waals surface area contributed by atoms with Gasteiger partial charge >= 0.3 is 59.6 Å². The van der Waals surface area contributed by atoms with Crippen molar-refractivity contribution in [2.24, 2.45) is 0 Å². The first kappa shape index (κ1) is 31.2. The highest BCUT2D eigenvalue weighted by atomic mass is 19.4. The lowest BCUT2D eigenvalue weighted by molar-refractivity contribution is -0.473. The summed E-state index contributed by atoms with van der Waals surface area (Å²) in [6, 6.07) is 0. The van der Waals surface area contributed by atoms with E-state index in [1.807, 2.05) is 0 Å². The molecule has 0 unspecified atom stereocenters. The third-order valence-electron chi connectivity index (χ3n) is 3.58. The van der Waals surface area contributed by atoms with Gasteiger partial charge in [0.15, 0.2) is 0 Å². The van der Waals surface area contributed by atoms with Gasteiger partial charge in [-0.1, -0.05) is 0 Å². The largest absolute Gasteiger partial charge is 0.423 e. The third-order valence-corrected chi connectivity index (χ3v) is 3.58. The molecule has 0 bridgehead atoms. The summed E-state index contributed by atoms with van der Waals surface area (Å²) in [5, 5.41) is 7.41. The maximum atomic E-state index is 13.2. The van der Waals surface area contributed by atoms with Crippen LogP contribution in [0.3, 0.4) is 0 Å². The molecule has 33 heavy (non-hydrogen) atoms. The predicted molar refractivity (Wildman–Crippen MR) is 57.1 cm³/mol. The Morgan fingerprint density at radius 1 is 0.364 bits per heavy atom. The Kier molecular flexibility index (Phi) is 7.21. The Bertz CT molecular complexity index is 766. The van der Waals surface area contributed by atoms with Crippen LogP contribution in [0.4, 0.5) is 92.2 Å². The van der Waals surface area contributed by atoms with Crippen LogP contribution in [0.25, 0.3) is 0 Å². The lowest BCUT2D eigenvalue weighted by Crippen LogP contribution is -2.76. The second-order valence-corrected chi connectivity index (χ2v) is 5.71. The van der Waals surface area contributed by atoms with Crippen LogP contribution in [0.1, 0.15) is 0 Å². The number of aliphatic hydroxyl groups is 1. The molecule has 0 amide bonds. The van der Waals surface area contributed by atoms with Gasteiger partial charge in [-0.25, -0.2) is 0 Å². The first-order valence-electron chi connectivity index (χ1n) is 6.69. The predicted octanol–water partition coefficient (Wildman–Crippen LogP) is 6.73. The van der Waals surface area contributed by atoms with Crippen molar-refractivity contribution >= 4 is 0 Å². The van der Waals surface area contributed by atoms with Gasteiger partial charge in [-0.2, -0.15) is 92.2 Å². The third kappa shape index (κ3) is 3.74. The van der Waals surface area contributed by atoms with Crippen LogP contribution in [-0.2, 0) is 0 Å². The van der Waals surface area contributed by atoms with Crippen LogP contribution in [0.2, 0.25) is 0 Å². The zero-order valence-electron chi connectivity index (χ0n) is 13.9. The molecule has 0 aromatic heterocycles. The van der Waals surface area contributed by atoms with Gasteiger partial charge in [0.2, 0.25) is 5.83 Å². The zero-order valence-corrected chi connectivity index (χ0v) is 13.9. The maximum Gasteiger partial charge on any atom is 0.423 e. The van der Waals surface area contributed by atoms with E-state index in [2.05, 4.69) is 0 Å². The van der Waals surface area contributed by atoms with E-state index >= 15 is 0 Å². The smallest absolute Gasteiger partial charge is 0.331 e. The number of rotatable bonds is 9. The van der Waals surface area contributed by atoms with Crippen LogP contribution in [0.15, 0.2) is 11.9 Å². The van der Waals surface area contributed by atoms with Crippen LogP contribution < -0.4 is 0 Å². The summed E-state index contributed by atoms with van der Waals surface area (Å²) in [6.45, 7) is 0. The van der Waals surface area contributed by atoms with E-state index < -0.39 is 65.4 Å². The lowest BCUT2D eigenvalue weighted by Gasteiger charge is -2.43. The van der Waals surface area contributed by atoms with Gasteiger partial charge in [0.05, 0.1) is 0 Å². The van der Waals surface area contributed by atoms with Gasteiger partial charge in [0, 0.05) is 0 Å². The summed E-state index contributed by atoms with van der Waals surface area (Å²) in [5.41, 5.74) is 0. The summed E-state index contributed by atoms with van der Waals surface area (Å²) < 4.78 is 268. The van der Waals surface area contributed by atoms with Crippen molar-refractivity contribution in [2.75, 3.05) is 0 Å². The van der Waals surface area contributed by atoms with Crippen molar-refractivity contribution in [1.82, 2.24) is 0 Å². The molecule has 0 rings (SSSR count).